The molecule has 2 aliphatic rings. The van der Waals surface area contributed by atoms with E-state index in [2.05, 4.69) is 10.6 Å². The molecule has 0 saturated heterocycles. The second-order valence-corrected chi connectivity index (χ2v) is 9.36. The van der Waals surface area contributed by atoms with Crippen LogP contribution in [-0.2, 0) is 4.79 Å². The van der Waals surface area contributed by atoms with Crippen molar-refractivity contribution in [2.75, 3.05) is 31.5 Å². The number of Topliss-reactive ketones (excluding diaryl/α,β-unsaturated/α-hetero) is 1. The highest BCUT2D eigenvalue weighted by Gasteiger charge is 2.37. The fourth-order valence-electron chi connectivity index (χ4n) is 5.27. The first-order valence-electron chi connectivity index (χ1n) is 12.6. The van der Waals surface area contributed by atoms with Crippen molar-refractivity contribution in [3.63, 3.8) is 0 Å². The lowest BCUT2D eigenvalue weighted by molar-refractivity contribution is -0.386. The number of rotatable bonds is 7. The molecule has 0 saturated carbocycles. The number of nitro benzene ring substituents is 1. The SMILES string of the molecule is CCOc1cc([C@H]2Nc3ccccc3NC3=C2C(=O)C[C@@H](c2ccc(OC)c(OC)c2)C3)cc([N+](=O)[O-])c1O. The molecule has 0 spiro atoms. The molecule has 39 heavy (non-hydrogen) atoms. The molecule has 5 rings (SSSR count). The normalized spacial score (nSPS) is 18.2. The number of nitro groups is 1. The van der Waals surface area contributed by atoms with E-state index >= 15 is 0 Å². The van der Waals surface area contributed by atoms with E-state index in [-0.39, 0.29) is 30.5 Å². The molecule has 0 aromatic heterocycles. The highest BCUT2D eigenvalue weighted by atomic mass is 16.6. The summed E-state index contributed by atoms with van der Waals surface area (Å²) in [6.07, 6.45) is 0.768. The average molecular weight is 532 g/mol. The van der Waals surface area contributed by atoms with Gasteiger partial charge in [0.25, 0.3) is 0 Å². The zero-order valence-electron chi connectivity index (χ0n) is 21.8. The number of hydrogen-bond acceptors (Lipinski definition) is 9. The predicted molar refractivity (Wildman–Crippen MR) is 146 cm³/mol. The number of ether oxygens (including phenoxy) is 3. The summed E-state index contributed by atoms with van der Waals surface area (Å²) >= 11 is 0. The summed E-state index contributed by atoms with van der Waals surface area (Å²) in [6.45, 7) is 1.93. The quantitative estimate of drug-likeness (QED) is 0.260. The van der Waals surface area contributed by atoms with Gasteiger partial charge in [0.05, 0.1) is 43.2 Å². The van der Waals surface area contributed by atoms with Gasteiger partial charge in [-0.2, -0.15) is 0 Å². The third-order valence-corrected chi connectivity index (χ3v) is 7.10. The van der Waals surface area contributed by atoms with Gasteiger partial charge in [0.2, 0.25) is 5.75 Å². The first-order chi connectivity index (χ1) is 18.8. The van der Waals surface area contributed by atoms with Crippen molar-refractivity contribution in [1.29, 1.82) is 0 Å². The highest BCUT2D eigenvalue weighted by molar-refractivity contribution is 6.01. The highest BCUT2D eigenvalue weighted by Crippen LogP contribution is 2.47. The molecular formula is C29H29N3O7. The fraction of sp³-hybridized carbons (Fsp3) is 0.276. The van der Waals surface area contributed by atoms with Crippen molar-refractivity contribution >= 4 is 22.8 Å². The van der Waals surface area contributed by atoms with E-state index < -0.39 is 22.4 Å². The number of ketones is 1. The minimum absolute atomic E-state index is 0.0115. The Morgan fingerprint density at radius 3 is 2.38 bits per heavy atom. The molecule has 10 heteroatoms. The Kier molecular flexibility index (Phi) is 7.02. The number of nitrogens with one attached hydrogen (secondary N) is 2. The summed E-state index contributed by atoms with van der Waals surface area (Å²) in [7, 11) is 3.14. The van der Waals surface area contributed by atoms with E-state index in [0.29, 0.717) is 29.1 Å². The number of methoxy groups -OCH3 is 2. The lowest BCUT2D eigenvalue weighted by Crippen LogP contribution is -2.27. The van der Waals surface area contributed by atoms with Crippen LogP contribution in [0.2, 0.25) is 0 Å². The number of anilines is 2. The van der Waals surface area contributed by atoms with Crippen molar-refractivity contribution in [2.45, 2.75) is 31.7 Å². The maximum absolute atomic E-state index is 13.9. The van der Waals surface area contributed by atoms with Crippen LogP contribution < -0.4 is 24.8 Å². The molecule has 0 fully saturated rings. The van der Waals surface area contributed by atoms with Crippen LogP contribution in [0.1, 0.15) is 42.9 Å². The van der Waals surface area contributed by atoms with Gasteiger partial charge in [-0.25, -0.2) is 0 Å². The Hall–Kier alpha value is -4.73. The summed E-state index contributed by atoms with van der Waals surface area (Å²) in [5.74, 6) is 0.414. The second kappa shape index (κ2) is 10.6. The minimum Gasteiger partial charge on any atom is -0.500 e. The number of phenols is 1. The number of allylic oxidation sites excluding steroid dienone is 1. The third-order valence-electron chi connectivity index (χ3n) is 7.10. The predicted octanol–water partition coefficient (Wildman–Crippen LogP) is 5.70. The molecule has 3 aromatic rings. The monoisotopic (exact) mass is 531 g/mol. The zero-order chi connectivity index (χ0) is 27.7. The maximum Gasteiger partial charge on any atom is 0.315 e. The van der Waals surface area contributed by atoms with E-state index in [4.69, 9.17) is 14.2 Å². The van der Waals surface area contributed by atoms with Crippen molar-refractivity contribution in [2.24, 2.45) is 0 Å². The van der Waals surface area contributed by atoms with Crippen molar-refractivity contribution in [3.8, 4) is 23.0 Å². The Morgan fingerprint density at radius 1 is 0.974 bits per heavy atom. The lowest BCUT2D eigenvalue weighted by Gasteiger charge is -2.30. The Balaban J connectivity index is 1.63. The van der Waals surface area contributed by atoms with Gasteiger partial charge in [-0.3, -0.25) is 14.9 Å². The summed E-state index contributed by atoms with van der Waals surface area (Å²) in [5, 5.41) is 29.1. The van der Waals surface area contributed by atoms with Crippen LogP contribution in [0.3, 0.4) is 0 Å². The van der Waals surface area contributed by atoms with Gasteiger partial charge in [0, 0.05) is 23.8 Å². The molecule has 3 N–H and O–H groups in total. The molecule has 3 aromatic carbocycles. The van der Waals surface area contributed by atoms with E-state index in [9.17, 15) is 20.0 Å². The maximum atomic E-state index is 13.9. The Labute approximate surface area is 225 Å². The van der Waals surface area contributed by atoms with Gasteiger partial charge in [0.1, 0.15) is 0 Å². The molecule has 0 radical (unpaired) electrons. The van der Waals surface area contributed by atoms with E-state index in [1.165, 1.54) is 6.07 Å². The van der Waals surface area contributed by atoms with Gasteiger partial charge < -0.3 is 30.0 Å². The number of aromatic hydroxyl groups is 1. The van der Waals surface area contributed by atoms with Gasteiger partial charge in [-0.1, -0.05) is 18.2 Å². The molecule has 202 valence electrons. The summed E-state index contributed by atoms with van der Waals surface area (Å²) in [5.41, 5.74) is 3.62. The number of carbonyl (C=O) groups excluding carboxylic acids is 1. The fourth-order valence-corrected chi connectivity index (χ4v) is 5.27. The van der Waals surface area contributed by atoms with E-state index in [1.54, 1.807) is 27.2 Å². The first-order valence-corrected chi connectivity index (χ1v) is 12.6. The molecule has 10 nitrogen and oxygen atoms in total. The smallest absolute Gasteiger partial charge is 0.315 e. The molecule has 1 aliphatic carbocycles. The zero-order valence-corrected chi connectivity index (χ0v) is 21.8. The van der Waals surface area contributed by atoms with Crippen LogP contribution in [0.4, 0.5) is 17.1 Å². The molecule has 0 unspecified atom stereocenters. The number of fused-ring (bicyclic) bond motifs is 1. The van der Waals surface area contributed by atoms with Gasteiger partial charge >= 0.3 is 5.69 Å². The van der Waals surface area contributed by atoms with Crippen molar-refractivity contribution in [3.05, 3.63) is 87.1 Å². The van der Waals surface area contributed by atoms with Crippen LogP contribution in [0.15, 0.2) is 65.9 Å². The summed E-state index contributed by atoms with van der Waals surface area (Å²) in [4.78, 5) is 25.0. The average Bonchev–Trinajstić information content (AvgIpc) is 3.10. The van der Waals surface area contributed by atoms with Crippen LogP contribution in [0.25, 0.3) is 0 Å². The molecule has 2 atom stereocenters. The lowest BCUT2D eigenvalue weighted by atomic mass is 9.78. The number of phenolic OH excluding ortho intramolecular Hbond substituents is 1. The van der Waals surface area contributed by atoms with Crippen molar-refractivity contribution in [1.82, 2.24) is 0 Å². The van der Waals surface area contributed by atoms with Crippen LogP contribution in [0.5, 0.6) is 23.0 Å². The number of nitrogens with zero attached hydrogens (tertiary/aromatic N) is 1. The molecule has 0 bridgehead atoms. The second-order valence-electron chi connectivity index (χ2n) is 9.36. The Bertz CT molecular complexity index is 1480. The first kappa shape index (κ1) is 25.9. The van der Waals surface area contributed by atoms with Gasteiger partial charge in [0.15, 0.2) is 23.0 Å². The number of carbonyl (C=O) groups is 1. The van der Waals surface area contributed by atoms with Gasteiger partial charge in [-0.15, -0.1) is 0 Å². The standard InChI is InChI=1S/C29H29N3O7/c1-4-39-26-15-18(12-22(29(26)34)32(35)36)28-27-21(30-19-7-5-6-8-20(19)31-28)11-17(13-23(27)33)16-9-10-24(37-2)25(14-16)38-3/h5-10,12,14-15,17,28,30-31,34H,4,11,13H2,1-3H3/t17-,28+/m0/s1. The molecule has 1 aliphatic heterocycles. The van der Waals surface area contributed by atoms with Crippen LogP contribution >= 0.6 is 0 Å². The largest absolute Gasteiger partial charge is 0.500 e. The third kappa shape index (κ3) is 4.81. The van der Waals surface area contributed by atoms with Crippen LogP contribution in [0, 0.1) is 10.1 Å². The van der Waals surface area contributed by atoms with E-state index in [0.717, 1.165) is 22.6 Å². The number of para-hydroxylation sites is 2. The number of hydrogen-bond donors (Lipinski definition) is 3. The topological polar surface area (TPSA) is 132 Å². The van der Waals surface area contributed by atoms with Crippen LogP contribution in [-0.4, -0.2) is 36.6 Å². The molecular weight excluding hydrogens is 502 g/mol. The summed E-state index contributed by atoms with van der Waals surface area (Å²) in [6, 6.07) is 15.3. The van der Waals surface area contributed by atoms with Gasteiger partial charge in [-0.05, 0) is 60.7 Å². The van der Waals surface area contributed by atoms with Crippen molar-refractivity contribution < 1.29 is 29.0 Å². The molecule has 1 heterocycles. The Morgan fingerprint density at radius 2 is 1.69 bits per heavy atom. The minimum atomic E-state index is -0.714. The molecule has 0 amide bonds. The number of benzene rings is 3. The summed E-state index contributed by atoms with van der Waals surface area (Å²) < 4.78 is 16.4. The van der Waals surface area contributed by atoms with E-state index in [1.807, 2.05) is 42.5 Å².